The van der Waals surface area contributed by atoms with Crippen LogP contribution in [-0.2, 0) is 0 Å². The summed E-state index contributed by atoms with van der Waals surface area (Å²) in [6.07, 6.45) is 0. The summed E-state index contributed by atoms with van der Waals surface area (Å²) in [4.78, 5) is 0. The van der Waals surface area contributed by atoms with Crippen molar-refractivity contribution < 1.29 is 0 Å². The summed E-state index contributed by atoms with van der Waals surface area (Å²) >= 11 is 3.09. The Hall–Kier alpha value is -1.72. The van der Waals surface area contributed by atoms with Crippen LogP contribution in [0.15, 0.2) is 60.7 Å². The minimum absolute atomic E-state index is 1.28. The Kier molecular flexibility index (Phi) is 5.07. The Morgan fingerprint density at radius 2 is 1.00 bits per heavy atom. The summed E-state index contributed by atoms with van der Waals surface area (Å²) in [6.45, 7) is 0. The first-order valence-corrected chi connectivity index (χ1v) is 4.97. The fraction of sp³-hybridized carbons (Fsp3) is 0. The molecule has 2 aromatic rings. The van der Waals surface area contributed by atoms with E-state index in [4.69, 9.17) is 5.26 Å². The molecular formula is C13H11NS. The lowest BCUT2D eigenvalue weighted by Crippen LogP contribution is -1.73. The van der Waals surface area contributed by atoms with Crippen LogP contribution in [0.3, 0.4) is 0 Å². The van der Waals surface area contributed by atoms with Gasteiger partial charge in [0.1, 0.15) is 5.40 Å². The third-order valence-electron chi connectivity index (χ3n) is 1.88. The molecule has 0 radical (unpaired) electrons. The molecule has 0 aliphatic carbocycles. The number of thiocyanates is 1. The number of nitriles is 1. The highest BCUT2D eigenvalue weighted by Gasteiger charge is 1.91. The van der Waals surface area contributed by atoms with Gasteiger partial charge in [0.25, 0.3) is 0 Å². The molecule has 0 aliphatic heterocycles. The summed E-state index contributed by atoms with van der Waals surface area (Å²) in [6, 6.07) is 20.8. The van der Waals surface area contributed by atoms with Gasteiger partial charge in [-0.15, -0.1) is 0 Å². The maximum atomic E-state index is 7.18. The molecule has 15 heavy (non-hydrogen) atoms. The quantitative estimate of drug-likeness (QED) is 0.566. The number of rotatable bonds is 1. The van der Waals surface area contributed by atoms with Gasteiger partial charge in [0.2, 0.25) is 0 Å². The van der Waals surface area contributed by atoms with Crippen LogP contribution in [0.2, 0.25) is 0 Å². The summed E-state index contributed by atoms with van der Waals surface area (Å²) in [5.41, 5.74) is 2.55. The highest BCUT2D eigenvalue weighted by atomic mass is 32.1. The van der Waals surface area contributed by atoms with Gasteiger partial charge in [0.15, 0.2) is 0 Å². The molecule has 0 bridgehead atoms. The smallest absolute Gasteiger partial charge is 0.130 e. The summed E-state index contributed by atoms with van der Waals surface area (Å²) in [5, 5.41) is 8.63. The topological polar surface area (TPSA) is 23.8 Å². The zero-order valence-corrected chi connectivity index (χ0v) is 9.06. The SMILES string of the molecule is N#CS.c1ccc(-c2ccccc2)cc1. The first kappa shape index (κ1) is 11.4. The number of hydrogen-bond donors (Lipinski definition) is 1. The van der Waals surface area contributed by atoms with Gasteiger partial charge < -0.3 is 0 Å². The Morgan fingerprint density at radius 3 is 1.27 bits per heavy atom. The first-order chi connectivity index (χ1) is 7.38. The van der Waals surface area contributed by atoms with Crippen LogP contribution in [0.4, 0.5) is 0 Å². The van der Waals surface area contributed by atoms with Gasteiger partial charge in [-0.1, -0.05) is 73.3 Å². The van der Waals surface area contributed by atoms with Crippen LogP contribution >= 0.6 is 12.6 Å². The Labute approximate surface area is 95.4 Å². The molecule has 0 saturated carbocycles. The standard InChI is InChI=1S/C12H10.CHNS/c1-3-7-11(8-4-1)12-9-5-2-6-10-12;2-1-3/h1-10H;3H. The maximum Gasteiger partial charge on any atom is 0.130 e. The number of thiol groups is 1. The minimum atomic E-state index is 1.28. The lowest BCUT2D eigenvalue weighted by Gasteiger charge is -1.98. The van der Waals surface area contributed by atoms with E-state index >= 15 is 0 Å². The maximum absolute atomic E-state index is 7.18. The molecule has 1 nitrogen and oxygen atoms in total. The van der Waals surface area contributed by atoms with E-state index in [1.54, 1.807) is 0 Å². The van der Waals surface area contributed by atoms with Crippen molar-refractivity contribution in [3.63, 3.8) is 0 Å². The van der Waals surface area contributed by atoms with Gasteiger partial charge in [0.05, 0.1) is 0 Å². The van der Waals surface area contributed by atoms with E-state index in [2.05, 4.69) is 61.2 Å². The molecular weight excluding hydrogens is 202 g/mol. The monoisotopic (exact) mass is 213 g/mol. The summed E-state index contributed by atoms with van der Waals surface area (Å²) < 4.78 is 0. The molecule has 0 aromatic heterocycles. The van der Waals surface area contributed by atoms with Gasteiger partial charge in [-0.25, -0.2) is 0 Å². The zero-order valence-electron chi connectivity index (χ0n) is 8.17. The Morgan fingerprint density at radius 1 is 0.733 bits per heavy atom. The van der Waals surface area contributed by atoms with Crippen LogP contribution in [0.5, 0.6) is 0 Å². The second-order valence-electron chi connectivity index (χ2n) is 2.83. The predicted octanol–water partition coefficient (Wildman–Crippen LogP) is 3.75. The van der Waals surface area contributed by atoms with Gasteiger partial charge in [-0.2, -0.15) is 5.26 Å². The average Bonchev–Trinajstić information content (AvgIpc) is 2.32. The molecule has 2 aromatic carbocycles. The van der Waals surface area contributed by atoms with Crippen molar-refractivity contribution in [1.82, 2.24) is 0 Å². The molecule has 0 atom stereocenters. The van der Waals surface area contributed by atoms with Crippen LogP contribution < -0.4 is 0 Å². The third-order valence-corrected chi connectivity index (χ3v) is 1.88. The van der Waals surface area contributed by atoms with Crippen molar-refractivity contribution in [3.05, 3.63) is 60.7 Å². The molecule has 0 saturated heterocycles. The zero-order chi connectivity index (χ0) is 10.9. The molecule has 0 heterocycles. The third kappa shape index (κ3) is 3.88. The van der Waals surface area contributed by atoms with Crippen molar-refractivity contribution in [1.29, 1.82) is 5.26 Å². The number of hydrogen-bond acceptors (Lipinski definition) is 2. The molecule has 0 unspecified atom stereocenters. The van der Waals surface area contributed by atoms with Crippen LogP contribution in [-0.4, -0.2) is 0 Å². The lowest BCUT2D eigenvalue weighted by atomic mass is 10.1. The lowest BCUT2D eigenvalue weighted by molar-refractivity contribution is 1.57. The number of benzene rings is 2. The van der Waals surface area contributed by atoms with Crippen LogP contribution in [0.25, 0.3) is 11.1 Å². The van der Waals surface area contributed by atoms with Crippen molar-refractivity contribution in [2.75, 3.05) is 0 Å². The van der Waals surface area contributed by atoms with E-state index in [0.29, 0.717) is 0 Å². The molecule has 0 aliphatic rings. The van der Waals surface area contributed by atoms with Crippen molar-refractivity contribution in [2.45, 2.75) is 0 Å². The highest BCUT2D eigenvalue weighted by molar-refractivity contribution is 7.85. The fourth-order valence-electron chi connectivity index (χ4n) is 1.26. The fourth-order valence-corrected chi connectivity index (χ4v) is 1.26. The van der Waals surface area contributed by atoms with Gasteiger partial charge >= 0.3 is 0 Å². The van der Waals surface area contributed by atoms with E-state index in [9.17, 15) is 0 Å². The second kappa shape index (κ2) is 6.69. The summed E-state index contributed by atoms with van der Waals surface area (Å²) in [5.74, 6) is 0. The van der Waals surface area contributed by atoms with Crippen LogP contribution in [0.1, 0.15) is 0 Å². The first-order valence-electron chi connectivity index (χ1n) is 4.52. The molecule has 74 valence electrons. The van der Waals surface area contributed by atoms with E-state index in [-0.39, 0.29) is 0 Å². The Bertz CT molecular complexity index is 380. The normalized spacial score (nSPS) is 8.27. The van der Waals surface area contributed by atoms with E-state index in [1.165, 1.54) is 16.5 Å². The van der Waals surface area contributed by atoms with Crippen molar-refractivity contribution in [3.8, 4) is 16.5 Å². The summed E-state index contributed by atoms with van der Waals surface area (Å²) in [7, 11) is 0. The number of nitrogens with zero attached hydrogens (tertiary/aromatic N) is 1. The largest absolute Gasteiger partial charge is 0.185 e. The van der Waals surface area contributed by atoms with E-state index in [1.807, 2.05) is 12.1 Å². The van der Waals surface area contributed by atoms with E-state index in [0.717, 1.165) is 0 Å². The van der Waals surface area contributed by atoms with Crippen molar-refractivity contribution >= 4 is 12.6 Å². The minimum Gasteiger partial charge on any atom is -0.185 e. The second-order valence-corrected chi connectivity index (χ2v) is 3.03. The van der Waals surface area contributed by atoms with Crippen LogP contribution in [0, 0.1) is 10.7 Å². The molecule has 0 N–H and O–H groups in total. The predicted molar refractivity (Wildman–Crippen MR) is 66.5 cm³/mol. The Balaban J connectivity index is 0.000000337. The highest BCUT2D eigenvalue weighted by Crippen LogP contribution is 2.17. The molecule has 0 fully saturated rings. The van der Waals surface area contributed by atoms with Gasteiger partial charge in [0, 0.05) is 0 Å². The van der Waals surface area contributed by atoms with Gasteiger partial charge in [-0.3, -0.25) is 0 Å². The van der Waals surface area contributed by atoms with Gasteiger partial charge in [-0.05, 0) is 11.1 Å². The molecule has 0 amide bonds. The molecule has 0 spiro atoms. The molecule has 2 rings (SSSR count). The average molecular weight is 213 g/mol. The molecule has 2 heteroatoms. The van der Waals surface area contributed by atoms with E-state index < -0.39 is 0 Å². The van der Waals surface area contributed by atoms with Crippen molar-refractivity contribution in [2.24, 2.45) is 0 Å².